The van der Waals surface area contributed by atoms with Crippen molar-refractivity contribution in [1.29, 1.82) is 0 Å². The number of carboxylic acid groups (broad SMARTS) is 1. The topological polar surface area (TPSA) is 81.8 Å². The molecule has 0 saturated carbocycles. The van der Waals surface area contributed by atoms with Gasteiger partial charge in [-0.05, 0) is 20.4 Å². The summed E-state index contributed by atoms with van der Waals surface area (Å²) in [7, 11) is 0. The summed E-state index contributed by atoms with van der Waals surface area (Å²) in [4.78, 5) is 10.5. The highest BCUT2D eigenvalue weighted by molar-refractivity contribution is 5.67. The van der Waals surface area contributed by atoms with Crippen LogP contribution >= 0.6 is 0 Å². The molecule has 0 aliphatic carbocycles. The predicted molar refractivity (Wildman–Crippen MR) is 49.7 cm³/mol. The first-order valence-corrected chi connectivity index (χ1v) is 4.68. The van der Waals surface area contributed by atoms with E-state index < -0.39 is 11.8 Å². The summed E-state index contributed by atoms with van der Waals surface area (Å²) >= 11 is 0. The van der Waals surface area contributed by atoms with Crippen molar-refractivity contribution >= 4 is 5.97 Å². The summed E-state index contributed by atoms with van der Waals surface area (Å²) < 4.78 is 10.9. The zero-order chi connectivity index (χ0) is 10.8. The van der Waals surface area contributed by atoms with Gasteiger partial charge in [0.05, 0.1) is 19.1 Å². The fourth-order valence-corrected chi connectivity index (χ4v) is 1.54. The van der Waals surface area contributed by atoms with Crippen LogP contribution in [-0.2, 0) is 14.3 Å². The van der Waals surface area contributed by atoms with Gasteiger partial charge in [0, 0.05) is 5.92 Å². The van der Waals surface area contributed by atoms with Gasteiger partial charge in [0.25, 0.3) is 0 Å². The third-order valence-electron chi connectivity index (χ3n) is 2.30. The van der Waals surface area contributed by atoms with Gasteiger partial charge < -0.3 is 20.3 Å². The highest BCUT2D eigenvalue weighted by Crippen LogP contribution is 2.27. The number of nitrogens with two attached hydrogens (primary N) is 1. The molecule has 1 aliphatic heterocycles. The molecule has 1 aliphatic rings. The molecule has 0 aromatic heterocycles. The quantitative estimate of drug-likeness (QED) is 0.681. The van der Waals surface area contributed by atoms with E-state index >= 15 is 0 Å². The van der Waals surface area contributed by atoms with Crippen LogP contribution in [0, 0.1) is 5.92 Å². The lowest BCUT2D eigenvalue weighted by atomic mass is 9.99. The van der Waals surface area contributed by atoms with Crippen LogP contribution in [0.15, 0.2) is 0 Å². The van der Waals surface area contributed by atoms with E-state index in [4.69, 9.17) is 20.3 Å². The van der Waals surface area contributed by atoms with Crippen molar-refractivity contribution in [3.8, 4) is 0 Å². The Kier molecular flexibility index (Phi) is 3.47. The number of rotatable bonds is 4. The molecular formula is C9H17NO4. The van der Waals surface area contributed by atoms with Crippen molar-refractivity contribution in [2.24, 2.45) is 11.7 Å². The van der Waals surface area contributed by atoms with Gasteiger partial charge in [0.1, 0.15) is 0 Å². The van der Waals surface area contributed by atoms with Gasteiger partial charge in [-0.15, -0.1) is 0 Å². The van der Waals surface area contributed by atoms with Crippen LogP contribution in [0.4, 0.5) is 0 Å². The third-order valence-corrected chi connectivity index (χ3v) is 2.30. The van der Waals surface area contributed by atoms with Gasteiger partial charge in [0.2, 0.25) is 0 Å². The average Bonchev–Trinajstić information content (AvgIpc) is 2.41. The smallest absolute Gasteiger partial charge is 0.303 e. The van der Waals surface area contributed by atoms with Crippen molar-refractivity contribution in [3.05, 3.63) is 0 Å². The van der Waals surface area contributed by atoms with E-state index in [1.54, 1.807) is 13.8 Å². The first-order valence-electron chi connectivity index (χ1n) is 4.68. The molecule has 0 amide bonds. The lowest BCUT2D eigenvalue weighted by molar-refractivity contribution is -0.150. The van der Waals surface area contributed by atoms with Crippen molar-refractivity contribution in [1.82, 2.24) is 0 Å². The molecule has 14 heavy (non-hydrogen) atoms. The molecule has 1 rings (SSSR count). The zero-order valence-electron chi connectivity index (χ0n) is 8.53. The molecule has 0 aromatic carbocycles. The minimum Gasteiger partial charge on any atom is -0.481 e. The molecule has 2 unspecified atom stereocenters. The van der Waals surface area contributed by atoms with Crippen molar-refractivity contribution < 1.29 is 19.4 Å². The Hall–Kier alpha value is -0.650. The molecule has 0 bridgehead atoms. The first-order chi connectivity index (χ1) is 6.44. The van der Waals surface area contributed by atoms with Crippen LogP contribution in [0.25, 0.3) is 0 Å². The van der Waals surface area contributed by atoms with Gasteiger partial charge in [-0.25, -0.2) is 0 Å². The summed E-state index contributed by atoms with van der Waals surface area (Å²) in [5, 5.41) is 8.65. The number of ether oxygens (including phenoxy) is 2. The highest BCUT2D eigenvalue weighted by atomic mass is 16.7. The normalized spacial score (nSPS) is 27.5. The largest absolute Gasteiger partial charge is 0.481 e. The SMILES string of the molecule is CC1(C)OCC(C(CN)CC(=O)O)O1. The van der Waals surface area contributed by atoms with E-state index in [2.05, 4.69) is 0 Å². The Morgan fingerprint density at radius 2 is 2.36 bits per heavy atom. The Bertz CT molecular complexity index is 217. The summed E-state index contributed by atoms with van der Waals surface area (Å²) in [5.74, 6) is -1.64. The molecule has 0 aromatic rings. The number of aliphatic carboxylic acids is 1. The minimum absolute atomic E-state index is 0.0284. The van der Waals surface area contributed by atoms with E-state index in [1.807, 2.05) is 0 Å². The fraction of sp³-hybridized carbons (Fsp3) is 0.889. The van der Waals surface area contributed by atoms with E-state index in [1.165, 1.54) is 0 Å². The van der Waals surface area contributed by atoms with Crippen LogP contribution in [0.5, 0.6) is 0 Å². The van der Waals surface area contributed by atoms with Crippen LogP contribution in [0.2, 0.25) is 0 Å². The molecular weight excluding hydrogens is 186 g/mol. The number of hydrogen-bond donors (Lipinski definition) is 2. The Morgan fingerprint density at radius 3 is 2.71 bits per heavy atom. The molecule has 3 N–H and O–H groups in total. The monoisotopic (exact) mass is 203 g/mol. The zero-order valence-corrected chi connectivity index (χ0v) is 8.53. The molecule has 0 radical (unpaired) electrons. The predicted octanol–water partition coefficient (Wildman–Crippen LogP) is 0.188. The average molecular weight is 203 g/mol. The molecule has 0 spiro atoms. The Balaban J connectivity index is 2.50. The second-order valence-corrected chi connectivity index (χ2v) is 3.96. The van der Waals surface area contributed by atoms with Crippen LogP contribution in [-0.4, -0.2) is 36.1 Å². The fourth-order valence-electron chi connectivity index (χ4n) is 1.54. The van der Waals surface area contributed by atoms with Gasteiger partial charge in [-0.1, -0.05) is 0 Å². The molecule has 1 fully saturated rings. The second-order valence-electron chi connectivity index (χ2n) is 3.96. The van der Waals surface area contributed by atoms with E-state index in [0.717, 1.165) is 0 Å². The standard InChI is InChI=1S/C9H17NO4/c1-9(2)13-5-7(14-9)6(4-10)3-8(11)12/h6-7H,3-5,10H2,1-2H3,(H,11,12). The van der Waals surface area contributed by atoms with Crippen molar-refractivity contribution in [2.45, 2.75) is 32.2 Å². The van der Waals surface area contributed by atoms with Gasteiger partial charge in [-0.2, -0.15) is 0 Å². The molecule has 5 nitrogen and oxygen atoms in total. The lowest BCUT2D eigenvalue weighted by Crippen LogP contribution is -2.33. The number of hydrogen-bond acceptors (Lipinski definition) is 4. The summed E-state index contributed by atoms with van der Waals surface area (Å²) in [6.45, 7) is 4.33. The van der Waals surface area contributed by atoms with Gasteiger partial charge in [-0.3, -0.25) is 4.79 Å². The number of carboxylic acids is 1. The van der Waals surface area contributed by atoms with Gasteiger partial charge >= 0.3 is 5.97 Å². The van der Waals surface area contributed by atoms with Crippen LogP contribution < -0.4 is 5.73 Å². The van der Waals surface area contributed by atoms with Crippen LogP contribution in [0.1, 0.15) is 20.3 Å². The van der Waals surface area contributed by atoms with E-state index in [-0.39, 0.29) is 18.4 Å². The Labute approximate surface area is 83.2 Å². The molecule has 82 valence electrons. The Morgan fingerprint density at radius 1 is 1.71 bits per heavy atom. The summed E-state index contributed by atoms with van der Waals surface area (Å²) in [6.07, 6.45) is -0.174. The van der Waals surface area contributed by atoms with Crippen molar-refractivity contribution in [3.63, 3.8) is 0 Å². The second kappa shape index (κ2) is 4.25. The highest BCUT2D eigenvalue weighted by Gasteiger charge is 2.37. The lowest BCUT2D eigenvalue weighted by Gasteiger charge is -2.21. The molecule has 1 heterocycles. The van der Waals surface area contributed by atoms with E-state index in [0.29, 0.717) is 13.2 Å². The maximum atomic E-state index is 10.5. The molecule has 2 atom stereocenters. The maximum absolute atomic E-state index is 10.5. The summed E-state index contributed by atoms with van der Waals surface area (Å²) in [6, 6.07) is 0. The third kappa shape index (κ3) is 2.94. The van der Waals surface area contributed by atoms with Crippen molar-refractivity contribution in [2.75, 3.05) is 13.2 Å². The van der Waals surface area contributed by atoms with E-state index in [9.17, 15) is 4.79 Å². The molecule has 1 saturated heterocycles. The first kappa shape index (κ1) is 11.4. The maximum Gasteiger partial charge on any atom is 0.303 e. The minimum atomic E-state index is -0.853. The number of carbonyl (C=O) groups is 1. The van der Waals surface area contributed by atoms with Crippen LogP contribution in [0.3, 0.4) is 0 Å². The molecule has 5 heteroatoms. The summed E-state index contributed by atoms with van der Waals surface area (Å²) in [5.41, 5.74) is 5.49. The van der Waals surface area contributed by atoms with Gasteiger partial charge in [0.15, 0.2) is 5.79 Å².